The van der Waals surface area contributed by atoms with Crippen molar-refractivity contribution in [2.75, 3.05) is 11.6 Å². The minimum atomic E-state index is -3.70. The number of benzene rings is 1. The number of anilines is 1. The van der Waals surface area contributed by atoms with Crippen LogP contribution in [0.15, 0.2) is 29.4 Å². The molecule has 1 aromatic carbocycles. The number of nitro benzene ring substituents is 1. The van der Waals surface area contributed by atoms with Crippen LogP contribution in [0.3, 0.4) is 0 Å². The molecule has 1 N–H and O–H groups in total. The van der Waals surface area contributed by atoms with Gasteiger partial charge in [-0.05, 0) is 25.0 Å². The summed E-state index contributed by atoms with van der Waals surface area (Å²) in [6, 6.07) is 4.56. The Bertz CT molecular complexity index is 857. The molecule has 1 heterocycles. The molecule has 9 nitrogen and oxygen atoms in total. The Morgan fingerprint density at radius 2 is 2.17 bits per heavy atom. The van der Waals surface area contributed by atoms with E-state index in [0.717, 1.165) is 19.1 Å². The van der Waals surface area contributed by atoms with Gasteiger partial charge in [-0.15, -0.1) is 10.2 Å². The summed E-state index contributed by atoms with van der Waals surface area (Å²) in [6.45, 7) is 0.227. The van der Waals surface area contributed by atoms with Gasteiger partial charge in [0.25, 0.3) is 0 Å². The lowest BCUT2D eigenvalue weighted by Crippen LogP contribution is -2.10. The average molecular weight is 337 g/mol. The quantitative estimate of drug-likeness (QED) is 0.627. The van der Waals surface area contributed by atoms with E-state index in [4.69, 9.17) is 0 Å². The molecule has 1 saturated carbocycles. The van der Waals surface area contributed by atoms with Gasteiger partial charge in [0.1, 0.15) is 16.9 Å². The fraction of sp³-hybridized carbons (Fsp3) is 0.385. The number of sulfone groups is 1. The minimum Gasteiger partial charge on any atom is -0.372 e. The van der Waals surface area contributed by atoms with E-state index in [1.54, 1.807) is 6.33 Å². The Morgan fingerprint density at radius 3 is 2.78 bits per heavy atom. The molecule has 0 spiro atoms. The molecular weight excluding hydrogens is 322 g/mol. The van der Waals surface area contributed by atoms with Crippen molar-refractivity contribution < 1.29 is 13.3 Å². The summed E-state index contributed by atoms with van der Waals surface area (Å²) in [5, 5.41) is 22.1. The van der Waals surface area contributed by atoms with Gasteiger partial charge >= 0.3 is 5.69 Å². The van der Waals surface area contributed by atoms with Crippen LogP contribution in [0.2, 0.25) is 0 Å². The van der Waals surface area contributed by atoms with Crippen molar-refractivity contribution >= 4 is 21.2 Å². The summed E-state index contributed by atoms with van der Waals surface area (Å²) in [5.41, 5.74) is -0.309. The van der Waals surface area contributed by atoms with E-state index in [1.807, 2.05) is 4.57 Å². The van der Waals surface area contributed by atoms with Gasteiger partial charge in [-0.2, -0.15) is 0 Å². The maximum Gasteiger partial charge on any atom is 0.310 e. The van der Waals surface area contributed by atoms with Crippen molar-refractivity contribution in [3.63, 3.8) is 0 Å². The molecule has 0 saturated heterocycles. The van der Waals surface area contributed by atoms with Gasteiger partial charge in [-0.3, -0.25) is 10.1 Å². The van der Waals surface area contributed by atoms with E-state index in [0.29, 0.717) is 11.9 Å². The number of hydrogen-bond donors (Lipinski definition) is 1. The van der Waals surface area contributed by atoms with Crippen LogP contribution in [0.25, 0.3) is 0 Å². The van der Waals surface area contributed by atoms with Crippen LogP contribution in [0.4, 0.5) is 11.4 Å². The number of rotatable bonds is 6. The van der Waals surface area contributed by atoms with Crippen molar-refractivity contribution in [3.8, 4) is 0 Å². The van der Waals surface area contributed by atoms with Gasteiger partial charge in [0.15, 0.2) is 15.7 Å². The van der Waals surface area contributed by atoms with Crippen molar-refractivity contribution in [1.29, 1.82) is 0 Å². The smallest absolute Gasteiger partial charge is 0.310 e. The third-order valence-electron chi connectivity index (χ3n) is 3.61. The van der Waals surface area contributed by atoms with E-state index >= 15 is 0 Å². The highest BCUT2D eigenvalue weighted by Gasteiger charge is 2.28. The molecule has 3 rings (SSSR count). The summed E-state index contributed by atoms with van der Waals surface area (Å²) in [7, 11) is -3.70. The molecule has 1 aliphatic rings. The monoisotopic (exact) mass is 337 g/mol. The number of para-hydroxylation sites is 1. The van der Waals surface area contributed by atoms with Gasteiger partial charge in [0.2, 0.25) is 0 Å². The zero-order valence-electron chi connectivity index (χ0n) is 12.3. The van der Waals surface area contributed by atoms with Crippen LogP contribution in [-0.2, 0) is 16.4 Å². The Kier molecular flexibility index (Phi) is 3.76. The number of hydrogen-bond acceptors (Lipinski definition) is 7. The predicted molar refractivity (Wildman–Crippen MR) is 81.8 cm³/mol. The van der Waals surface area contributed by atoms with Crippen LogP contribution >= 0.6 is 0 Å². The Hall–Kier alpha value is -2.49. The minimum absolute atomic E-state index is 0.142. The maximum atomic E-state index is 11.7. The molecule has 2 aromatic rings. The molecule has 0 amide bonds. The van der Waals surface area contributed by atoms with E-state index in [9.17, 15) is 18.5 Å². The summed E-state index contributed by atoms with van der Waals surface area (Å²) in [4.78, 5) is 10.3. The van der Waals surface area contributed by atoms with Crippen LogP contribution < -0.4 is 5.32 Å². The lowest BCUT2D eigenvalue weighted by Gasteiger charge is -2.10. The molecule has 0 aliphatic heterocycles. The Balaban J connectivity index is 1.90. The second-order valence-corrected chi connectivity index (χ2v) is 7.40. The zero-order chi connectivity index (χ0) is 16.6. The maximum absolute atomic E-state index is 11.7. The first-order valence-corrected chi connectivity index (χ1v) is 8.87. The number of nitro groups is 1. The highest BCUT2D eigenvalue weighted by atomic mass is 32.2. The molecule has 1 aliphatic carbocycles. The lowest BCUT2D eigenvalue weighted by atomic mass is 10.2. The van der Waals surface area contributed by atoms with E-state index in [1.165, 1.54) is 18.2 Å². The second-order valence-electron chi connectivity index (χ2n) is 5.42. The molecule has 122 valence electrons. The second kappa shape index (κ2) is 5.61. The van der Waals surface area contributed by atoms with Crippen LogP contribution in [0, 0.1) is 10.1 Å². The Labute approximate surface area is 132 Å². The van der Waals surface area contributed by atoms with Crippen molar-refractivity contribution in [2.45, 2.75) is 30.3 Å². The Morgan fingerprint density at radius 1 is 1.43 bits per heavy atom. The molecule has 0 atom stereocenters. The fourth-order valence-electron chi connectivity index (χ4n) is 2.38. The molecular formula is C13H15N5O4S. The highest BCUT2D eigenvalue weighted by molar-refractivity contribution is 7.90. The van der Waals surface area contributed by atoms with E-state index in [-0.39, 0.29) is 17.1 Å². The zero-order valence-corrected chi connectivity index (χ0v) is 13.2. The molecule has 23 heavy (non-hydrogen) atoms. The number of nitrogens with zero attached hydrogens (tertiary/aromatic N) is 4. The van der Waals surface area contributed by atoms with Gasteiger partial charge in [0, 0.05) is 12.3 Å². The van der Waals surface area contributed by atoms with Gasteiger partial charge in [-0.1, -0.05) is 6.07 Å². The fourth-order valence-corrected chi connectivity index (χ4v) is 3.24. The average Bonchev–Trinajstić information content (AvgIpc) is 3.22. The third-order valence-corrected chi connectivity index (χ3v) is 4.73. The van der Waals surface area contributed by atoms with Gasteiger partial charge in [0.05, 0.1) is 11.5 Å². The predicted octanol–water partition coefficient (Wildman–Crippen LogP) is 1.54. The molecule has 0 bridgehead atoms. The van der Waals surface area contributed by atoms with Crippen LogP contribution in [0.5, 0.6) is 0 Å². The first kappa shape index (κ1) is 15.4. The lowest BCUT2D eigenvalue weighted by molar-refractivity contribution is -0.386. The van der Waals surface area contributed by atoms with E-state index in [2.05, 4.69) is 15.5 Å². The summed E-state index contributed by atoms with van der Waals surface area (Å²) in [6.07, 6.45) is 4.71. The summed E-state index contributed by atoms with van der Waals surface area (Å²) < 4.78 is 25.4. The number of nitrogens with one attached hydrogen (secondary N) is 1. The van der Waals surface area contributed by atoms with Gasteiger partial charge in [-0.25, -0.2) is 8.42 Å². The molecule has 0 unspecified atom stereocenters. The largest absolute Gasteiger partial charge is 0.372 e. The third kappa shape index (κ3) is 3.16. The first-order chi connectivity index (χ1) is 10.9. The van der Waals surface area contributed by atoms with Gasteiger partial charge < -0.3 is 9.88 Å². The van der Waals surface area contributed by atoms with Crippen molar-refractivity contribution in [3.05, 3.63) is 40.5 Å². The molecule has 1 fully saturated rings. The topological polar surface area (TPSA) is 120 Å². The van der Waals surface area contributed by atoms with Crippen molar-refractivity contribution in [1.82, 2.24) is 14.8 Å². The molecule has 10 heteroatoms. The van der Waals surface area contributed by atoms with Crippen LogP contribution in [-0.4, -0.2) is 34.4 Å². The van der Waals surface area contributed by atoms with Crippen molar-refractivity contribution in [2.24, 2.45) is 0 Å². The summed E-state index contributed by atoms with van der Waals surface area (Å²) in [5.74, 6) is 0.659. The molecule has 1 aromatic heterocycles. The normalized spacial score (nSPS) is 14.7. The first-order valence-electron chi connectivity index (χ1n) is 6.97. The highest BCUT2D eigenvalue weighted by Crippen LogP contribution is 2.36. The SMILES string of the molecule is CS(=O)(=O)c1cccc(NCc2nncn2C2CC2)c1[N+](=O)[O-]. The number of aromatic nitrogens is 3. The van der Waals surface area contributed by atoms with Crippen LogP contribution in [0.1, 0.15) is 24.7 Å². The standard InChI is InChI=1S/C13H15N5O4S/c1-23(21,22)11-4-2-3-10(13(11)18(19)20)14-7-12-16-15-8-17(12)9-5-6-9/h2-4,8-9,14H,5-7H2,1H3. The summed E-state index contributed by atoms with van der Waals surface area (Å²) >= 11 is 0. The molecule has 0 radical (unpaired) electrons. The van der Waals surface area contributed by atoms with E-state index < -0.39 is 20.4 Å².